The summed E-state index contributed by atoms with van der Waals surface area (Å²) in [5, 5.41) is 25.6. The summed E-state index contributed by atoms with van der Waals surface area (Å²) in [6.45, 7) is 3.03. The fraction of sp³-hybridized carbons (Fsp3) is 0.429. The highest BCUT2D eigenvalue weighted by Crippen LogP contribution is 2.39. The molecule has 1 fully saturated rings. The Balaban J connectivity index is 1.46. The molecule has 158 valence electrons. The third-order valence-corrected chi connectivity index (χ3v) is 6.47. The van der Waals surface area contributed by atoms with Crippen LogP contribution in [0.1, 0.15) is 29.3 Å². The van der Waals surface area contributed by atoms with E-state index in [4.69, 9.17) is 16.3 Å². The predicted molar refractivity (Wildman–Crippen MR) is 109 cm³/mol. The quantitative estimate of drug-likeness (QED) is 0.588. The number of hydrogen-bond acceptors (Lipinski definition) is 6. The lowest BCUT2D eigenvalue weighted by Gasteiger charge is -2.25. The SMILES string of the molecule is Cc1ncnc2c1ccn2C1CC(Oc2cc(Cl)c(F)c3c2CNCC3)[C@@H](O)[C@H]1O. The molecule has 9 heteroatoms. The first kappa shape index (κ1) is 19.7. The topological polar surface area (TPSA) is 92.4 Å². The van der Waals surface area contributed by atoms with Crippen molar-refractivity contribution in [1.29, 1.82) is 0 Å². The molecule has 1 aliphatic carbocycles. The number of rotatable bonds is 3. The van der Waals surface area contributed by atoms with Gasteiger partial charge in [0, 0.05) is 36.2 Å². The lowest BCUT2D eigenvalue weighted by Crippen LogP contribution is -2.35. The molecule has 0 spiro atoms. The van der Waals surface area contributed by atoms with Crippen LogP contribution in [0.5, 0.6) is 5.75 Å². The second-order valence-corrected chi connectivity index (χ2v) is 8.32. The average molecular weight is 433 g/mol. The molecule has 0 radical (unpaired) electrons. The van der Waals surface area contributed by atoms with Crippen molar-refractivity contribution in [3.05, 3.63) is 52.3 Å². The fourth-order valence-electron chi connectivity index (χ4n) is 4.57. The lowest BCUT2D eigenvalue weighted by molar-refractivity contribution is -0.0166. The third kappa shape index (κ3) is 3.06. The standard InChI is InChI=1S/C21H22ClFN4O3/c1-10-11-3-5-27(21(11)26-9-25-10)15-7-17(20(29)19(15)28)30-16-6-14(22)18(23)12-2-4-24-8-13(12)16/h3,5-6,9,15,17,19-20,24,28-29H,2,4,7-8H2,1H3/t15?,17?,19-,20+/m0/s1. The van der Waals surface area contributed by atoms with Crippen LogP contribution in [0.25, 0.3) is 11.0 Å². The number of nitrogens with zero attached hydrogens (tertiary/aromatic N) is 3. The Morgan fingerprint density at radius 3 is 2.93 bits per heavy atom. The van der Waals surface area contributed by atoms with Gasteiger partial charge in [-0.1, -0.05) is 11.6 Å². The molecule has 3 aromatic rings. The number of aryl methyl sites for hydroxylation is 1. The molecule has 3 N–H and O–H groups in total. The van der Waals surface area contributed by atoms with Crippen LogP contribution in [0.3, 0.4) is 0 Å². The minimum atomic E-state index is -1.11. The summed E-state index contributed by atoms with van der Waals surface area (Å²) in [5.41, 5.74) is 2.80. The fourth-order valence-corrected chi connectivity index (χ4v) is 4.78. The number of aliphatic hydroxyl groups is 2. The Morgan fingerprint density at radius 2 is 2.10 bits per heavy atom. The molecule has 2 aliphatic rings. The zero-order valence-electron chi connectivity index (χ0n) is 16.3. The maximum Gasteiger partial charge on any atom is 0.145 e. The van der Waals surface area contributed by atoms with E-state index >= 15 is 0 Å². The Bertz CT molecular complexity index is 1120. The number of nitrogens with one attached hydrogen (secondary N) is 1. The third-order valence-electron chi connectivity index (χ3n) is 6.19. The van der Waals surface area contributed by atoms with Crippen LogP contribution < -0.4 is 10.1 Å². The monoisotopic (exact) mass is 432 g/mol. The maximum absolute atomic E-state index is 14.4. The number of halogens is 2. The van der Waals surface area contributed by atoms with Gasteiger partial charge < -0.3 is 24.8 Å². The van der Waals surface area contributed by atoms with Crippen LogP contribution >= 0.6 is 11.6 Å². The average Bonchev–Trinajstić information content (AvgIpc) is 3.29. The minimum Gasteiger partial charge on any atom is -0.487 e. The van der Waals surface area contributed by atoms with Crippen LogP contribution in [-0.2, 0) is 13.0 Å². The van der Waals surface area contributed by atoms with E-state index in [-0.39, 0.29) is 5.02 Å². The van der Waals surface area contributed by atoms with Crippen LogP contribution in [0.4, 0.5) is 4.39 Å². The van der Waals surface area contributed by atoms with Gasteiger partial charge >= 0.3 is 0 Å². The van der Waals surface area contributed by atoms with Crippen molar-refractivity contribution < 1.29 is 19.3 Å². The summed E-state index contributed by atoms with van der Waals surface area (Å²) in [6.07, 6.45) is 1.41. The van der Waals surface area contributed by atoms with Crippen molar-refractivity contribution in [3.63, 3.8) is 0 Å². The number of benzene rings is 1. The van der Waals surface area contributed by atoms with Gasteiger partial charge in [-0.3, -0.25) is 0 Å². The molecule has 7 nitrogen and oxygen atoms in total. The largest absolute Gasteiger partial charge is 0.487 e. The van der Waals surface area contributed by atoms with E-state index in [0.29, 0.717) is 48.5 Å². The first-order chi connectivity index (χ1) is 14.5. The number of aromatic nitrogens is 3. The lowest BCUT2D eigenvalue weighted by atomic mass is 9.99. The predicted octanol–water partition coefficient (Wildman–Crippen LogP) is 2.29. The van der Waals surface area contributed by atoms with Gasteiger partial charge in [0.25, 0.3) is 0 Å². The molecule has 4 atom stereocenters. The minimum absolute atomic E-state index is 0.00110. The molecule has 0 amide bonds. The smallest absolute Gasteiger partial charge is 0.145 e. The van der Waals surface area contributed by atoms with E-state index in [1.165, 1.54) is 12.4 Å². The van der Waals surface area contributed by atoms with E-state index in [1.54, 1.807) is 0 Å². The molecule has 1 aromatic carbocycles. The molecule has 1 saturated carbocycles. The van der Waals surface area contributed by atoms with Gasteiger partial charge in [-0.25, -0.2) is 14.4 Å². The Hall–Kier alpha value is -2.26. The van der Waals surface area contributed by atoms with Crippen LogP contribution in [0.2, 0.25) is 5.02 Å². The van der Waals surface area contributed by atoms with Gasteiger partial charge in [-0.15, -0.1) is 0 Å². The Kier molecular flexibility index (Phi) is 4.89. The first-order valence-electron chi connectivity index (χ1n) is 9.97. The number of ether oxygens (including phenoxy) is 1. The van der Waals surface area contributed by atoms with Gasteiger partial charge in [0.15, 0.2) is 0 Å². The van der Waals surface area contributed by atoms with Gasteiger partial charge in [-0.05, 0) is 31.5 Å². The summed E-state index contributed by atoms with van der Waals surface area (Å²) in [7, 11) is 0. The molecule has 2 unspecified atom stereocenters. The zero-order chi connectivity index (χ0) is 21.0. The van der Waals surface area contributed by atoms with Crippen molar-refractivity contribution in [2.45, 2.75) is 50.7 Å². The van der Waals surface area contributed by atoms with Crippen molar-refractivity contribution in [2.75, 3.05) is 6.54 Å². The molecule has 30 heavy (non-hydrogen) atoms. The molecule has 3 heterocycles. The molecular formula is C21H22ClFN4O3. The van der Waals surface area contributed by atoms with Gasteiger partial charge in [0.1, 0.15) is 41.9 Å². The van der Waals surface area contributed by atoms with E-state index in [2.05, 4.69) is 15.3 Å². The highest BCUT2D eigenvalue weighted by molar-refractivity contribution is 6.31. The zero-order valence-corrected chi connectivity index (χ0v) is 17.1. The molecular weight excluding hydrogens is 411 g/mol. The van der Waals surface area contributed by atoms with Crippen LogP contribution in [0, 0.1) is 12.7 Å². The summed E-state index contributed by atoms with van der Waals surface area (Å²) < 4.78 is 22.4. The molecule has 1 aliphatic heterocycles. The highest BCUT2D eigenvalue weighted by atomic mass is 35.5. The second-order valence-electron chi connectivity index (χ2n) is 7.91. The summed E-state index contributed by atoms with van der Waals surface area (Å²) in [5.74, 6) is 0.0234. The van der Waals surface area contributed by atoms with Gasteiger partial charge in [0.05, 0.1) is 16.8 Å². The highest BCUT2D eigenvalue weighted by Gasteiger charge is 2.44. The van der Waals surface area contributed by atoms with Crippen LogP contribution in [-0.4, -0.2) is 49.6 Å². The van der Waals surface area contributed by atoms with Crippen molar-refractivity contribution in [3.8, 4) is 5.75 Å². The molecule has 0 saturated heterocycles. The van der Waals surface area contributed by atoms with Crippen molar-refractivity contribution in [2.24, 2.45) is 0 Å². The molecule has 2 aromatic heterocycles. The van der Waals surface area contributed by atoms with Gasteiger partial charge in [0.2, 0.25) is 0 Å². The molecule has 5 rings (SSSR count). The Morgan fingerprint density at radius 1 is 1.27 bits per heavy atom. The Labute approximate surface area is 177 Å². The first-order valence-corrected chi connectivity index (χ1v) is 10.3. The van der Waals surface area contributed by atoms with Crippen LogP contribution in [0.15, 0.2) is 24.7 Å². The normalized spacial score (nSPS) is 26.2. The number of aliphatic hydroxyl groups excluding tert-OH is 2. The maximum atomic E-state index is 14.4. The van der Waals surface area contributed by atoms with E-state index < -0.39 is 30.2 Å². The van der Waals surface area contributed by atoms with E-state index in [1.807, 2.05) is 23.8 Å². The second kappa shape index (κ2) is 7.46. The van der Waals surface area contributed by atoms with Crippen molar-refractivity contribution in [1.82, 2.24) is 19.9 Å². The van der Waals surface area contributed by atoms with E-state index in [0.717, 1.165) is 11.1 Å². The summed E-state index contributed by atoms with van der Waals surface area (Å²) in [4.78, 5) is 8.54. The number of fused-ring (bicyclic) bond motifs is 2. The number of hydrogen-bond donors (Lipinski definition) is 3. The van der Waals surface area contributed by atoms with E-state index in [9.17, 15) is 14.6 Å². The summed E-state index contributed by atoms with van der Waals surface area (Å²) >= 11 is 6.09. The van der Waals surface area contributed by atoms with Gasteiger partial charge in [-0.2, -0.15) is 0 Å². The molecule has 0 bridgehead atoms. The summed E-state index contributed by atoms with van der Waals surface area (Å²) in [6, 6.07) is 2.94. The van der Waals surface area contributed by atoms with Crippen molar-refractivity contribution >= 4 is 22.6 Å².